The molecule has 0 bridgehead atoms. The molecule has 0 fully saturated rings. The minimum atomic E-state index is -0.496. The molecule has 0 aliphatic rings. The fourth-order valence-corrected chi connectivity index (χ4v) is 2.17. The van der Waals surface area contributed by atoms with Gasteiger partial charge in [0.15, 0.2) is 6.61 Å². The third kappa shape index (κ3) is 3.45. The second-order valence-electron chi connectivity index (χ2n) is 4.37. The van der Waals surface area contributed by atoms with Gasteiger partial charge in [0.05, 0.1) is 5.02 Å². The lowest BCUT2D eigenvalue weighted by Crippen LogP contribution is -1.96. The van der Waals surface area contributed by atoms with Gasteiger partial charge in [-0.2, -0.15) is 0 Å². The Bertz CT molecular complexity index is 792. The van der Waals surface area contributed by atoms with Crippen molar-refractivity contribution in [2.75, 3.05) is 0 Å². The summed E-state index contributed by atoms with van der Waals surface area (Å²) in [6.07, 6.45) is 0. The molecule has 7 heteroatoms. The minimum Gasteiger partial charge on any atom is -0.484 e. The van der Waals surface area contributed by atoms with Crippen LogP contribution in [-0.2, 0) is 6.61 Å². The highest BCUT2D eigenvalue weighted by Crippen LogP contribution is 2.23. The molecule has 0 atom stereocenters. The summed E-state index contributed by atoms with van der Waals surface area (Å²) in [6, 6.07) is 11.6. The van der Waals surface area contributed by atoms with Gasteiger partial charge in [0.2, 0.25) is 5.89 Å². The zero-order valence-electron chi connectivity index (χ0n) is 11.1. The van der Waals surface area contributed by atoms with Crippen molar-refractivity contribution in [3.63, 3.8) is 0 Å². The van der Waals surface area contributed by atoms with Crippen LogP contribution in [0.4, 0.5) is 4.39 Å². The molecule has 1 heterocycles. The van der Waals surface area contributed by atoms with Crippen LogP contribution in [0.15, 0.2) is 51.4 Å². The number of benzene rings is 2. The Morgan fingerprint density at radius 1 is 1.14 bits per heavy atom. The van der Waals surface area contributed by atoms with Crippen LogP contribution < -0.4 is 4.74 Å². The Morgan fingerprint density at radius 3 is 2.64 bits per heavy atom. The lowest BCUT2D eigenvalue weighted by Gasteiger charge is -2.03. The van der Waals surface area contributed by atoms with E-state index in [4.69, 9.17) is 20.8 Å². The van der Waals surface area contributed by atoms with E-state index in [1.54, 1.807) is 0 Å². The first kappa shape index (κ1) is 15.0. The maximum absolute atomic E-state index is 13.0. The molecule has 112 valence electrons. The van der Waals surface area contributed by atoms with Gasteiger partial charge in [0.1, 0.15) is 11.6 Å². The number of halogens is 3. The average Bonchev–Trinajstić information content (AvgIpc) is 2.98. The number of nitrogens with zero attached hydrogens (tertiary/aromatic N) is 2. The molecule has 0 spiro atoms. The highest BCUT2D eigenvalue weighted by Gasteiger charge is 2.09. The predicted molar refractivity (Wildman–Crippen MR) is 83.2 cm³/mol. The minimum absolute atomic E-state index is 0.00131. The molecular weight excluding hydrogens is 375 g/mol. The molecule has 0 aliphatic heterocycles. The Labute approximate surface area is 139 Å². The van der Waals surface area contributed by atoms with Gasteiger partial charge in [-0.25, -0.2) is 4.39 Å². The number of hydrogen-bond donors (Lipinski definition) is 0. The molecule has 1 aromatic heterocycles. The van der Waals surface area contributed by atoms with Crippen molar-refractivity contribution in [1.29, 1.82) is 0 Å². The first-order chi connectivity index (χ1) is 10.6. The normalized spacial score (nSPS) is 10.7. The number of rotatable bonds is 4. The zero-order valence-corrected chi connectivity index (χ0v) is 13.4. The second kappa shape index (κ2) is 6.46. The van der Waals surface area contributed by atoms with Gasteiger partial charge < -0.3 is 9.15 Å². The van der Waals surface area contributed by atoms with Gasteiger partial charge in [-0.15, -0.1) is 10.2 Å². The summed E-state index contributed by atoms with van der Waals surface area (Å²) in [4.78, 5) is 0. The summed E-state index contributed by atoms with van der Waals surface area (Å²) in [5, 5.41) is 7.87. The van der Waals surface area contributed by atoms with E-state index in [0.717, 1.165) is 10.0 Å². The maximum Gasteiger partial charge on any atom is 0.254 e. The number of hydrogen-bond acceptors (Lipinski definition) is 4. The van der Waals surface area contributed by atoms with E-state index in [-0.39, 0.29) is 11.6 Å². The van der Waals surface area contributed by atoms with Crippen LogP contribution in [0.3, 0.4) is 0 Å². The fourth-order valence-electron chi connectivity index (χ4n) is 1.73. The average molecular weight is 384 g/mol. The van der Waals surface area contributed by atoms with Gasteiger partial charge in [-0.05, 0) is 36.4 Å². The molecule has 0 unspecified atom stereocenters. The third-order valence-electron chi connectivity index (χ3n) is 2.81. The summed E-state index contributed by atoms with van der Waals surface area (Å²) in [6.45, 7) is 0.0749. The molecule has 0 amide bonds. The van der Waals surface area contributed by atoms with Gasteiger partial charge in [-0.3, -0.25) is 0 Å². The fraction of sp³-hybridized carbons (Fsp3) is 0.0667. The predicted octanol–water partition coefficient (Wildman–Crippen LogP) is 4.87. The Hall–Kier alpha value is -1.92. The summed E-state index contributed by atoms with van der Waals surface area (Å²) < 4.78 is 25.0. The van der Waals surface area contributed by atoms with Crippen LogP contribution in [-0.4, -0.2) is 10.2 Å². The Balaban J connectivity index is 1.69. The molecule has 22 heavy (non-hydrogen) atoms. The number of aromatic nitrogens is 2. The van der Waals surface area contributed by atoms with Crippen LogP contribution in [0.25, 0.3) is 11.5 Å². The molecule has 0 N–H and O–H groups in total. The third-order valence-corrected chi connectivity index (χ3v) is 3.63. The van der Waals surface area contributed by atoms with Crippen LogP contribution in [0.2, 0.25) is 5.02 Å². The molecule has 3 aromatic rings. The molecule has 0 saturated carbocycles. The van der Waals surface area contributed by atoms with E-state index in [1.807, 2.05) is 24.3 Å². The van der Waals surface area contributed by atoms with E-state index in [9.17, 15) is 4.39 Å². The van der Waals surface area contributed by atoms with E-state index in [0.29, 0.717) is 17.5 Å². The van der Waals surface area contributed by atoms with Crippen molar-refractivity contribution in [3.05, 3.63) is 63.7 Å². The Morgan fingerprint density at radius 2 is 1.91 bits per heavy atom. The van der Waals surface area contributed by atoms with Crippen LogP contribution in [0.5, 0.6) is 5.75 Å². The summed E-state index contributed by atoms with van der Waals surface area (Å²) in [7, 11) is 0. The zero-order chi connectivity index (χ0) is 15.5. The lowest BCUT2D eigenvalue weighted by atomic mass is 10.2. The monoisotopic (exact) mass is 382 g/mol. The van der Waals surface area contributed by atoms with E-state index in [2.05, 4.69) is 26.1 Å². The van der Waals surface area contributed by atoms with Crippen molar-refractivity contribution < 1.29 is 13.5 Å². The van der Waals surface area contributed by atoms with Crippen molar-refractivity contribution in [3.8, 4) is 17.2 Å². The molecule has 0 saturated heterocycles. The van der Waals surface area contributed by atoms with Crippen LogP contribution in [0.1, 0.15) is 5.89 Å². The largest absolute Gasteiger partial charge is 0.484 e. The van der Waals surface area contributed by atoms with Crippen LogP contribution in [0, 0.1) is 5.82 Å². The SMILES string of the molecule is Fc1ccc(OCc2nnc(-c3ccc(Br)cc3)o2)cc1Cl. The van der Waals surface area contributed by atoms with Crippen molar-refractivity contribution in [2.24, 2.45) is 0 Å². The van der Waals surface area contributed by atoms with E-state index < -0.39 is 5.82 Å². The van der Waals surface area contributed by atoms with Crippen molar-refractivity contribution >= 4 is 27.5 Å². The maximum atomic E-state index is 13.0. The molecule has 3 rings (SSSR count). The summed E-state index contributed by atoms with van der Waals surface area (Å²) in [5.74, 6) is 0.653. The van der Waals surface area contributed by atoms with Gasteiger partial charge in [0, 0.05) is 16.1 Å². The summed E-state index contributed by atoms with van der Waals surface area (Å²) >= 11 is 9.04. The topological polar surface area (TPSA) is 48.2 Å². The van der Waals surface area contributed by atoms with Gasteiger partial charge in [-0.1, -0.05) is 27.5 Å². The standard InChI is InChI=1S/C15H9BrClFN2O2/c16-10-3-1-9(2-4-10)15-20-19-14(22-15)8-21-11-5-6-13(18)12(17)7-11/h1-7H,8H2. The molecule has 2 aromatic carbocycles. The first-order valence-electron chi connectivity index (χ1n) is 6.28. The molecular formula is C15H9BrClFN2O2. The van der Waals surface area contributed by atoms with Gasteiger partial charge >= 0.3 is 0 Å². The van der Waals surface area contributed by atoms with E-state index >= 15 is 0 Å². The summed E-state index contributed by atoms with van der Waals surface area (Å²) in [5.41, 5.74) is 0.812. The highest BCUT2D eigenvalue weighted by molar-refractivity contribution is 9.10. The molecule has 0 aliphatic carbocycles. The quantitative estimate of drug-likeness (QED) is 0.645. The van der Waals surface area contributed by atoms with Gasteiger partial charge in [0.25, 0.3) is 5.89 Å². The van der Waals surface area contributed by atoms with E-state index in [1.165, 1.54) is 18.2 Å². The van der Waals surface area contributed by atoms with Crippen LogP contribution >= 0.6 is 27.5 Å². The number of ether oxygens (including phenoxy) is 1. The highest BCUT2D eigenvalue weighted by atomic mass is 79.9. The van der Waals surface area contributed by atoms with Crippen molar-refractivity contribution in [2.45, 2.75) is 6.61 Å². The Kier molecular flexibility index (Phi) is 4.40. The molecule has 0 radical (unpaired) electrons. The lowest BCUT2D eigenvalue weighted by molar-refractivity contribution is 0.264. The molecule has 4 nitrogen and oxygen atoms in total. The smallest absolute Gasteiger partial charge is 0.254 e. The van der Waals surface area contributed by atoms with Crippen molar-refractivity contribution in [1.82, 2.24) is 10.2 Å². The first-order valence-corrected chi connectivity index (χ1v) is 7.45. The second-order valence-corrected chi connectivity index (χ2v) is 5.70.